The molecular weight excluding hydrogens is 246 g/mol. The van der Waals surface area contributed by atoms with Crippen molar-refractivity contribution in [2.24, 2.45) is 0 Å². The van der Waals surface area contributed by atoms with Crippen molar-refractivity contribution in [3.63, 3.8) is 0 Å². The van der Waals surface area contributed by atoms with Crippen molar-refractivity contribution >= 4 is 11.7 Å². The van der Waals surface area contributed by atoms with Gasteiger partial charge >= 0.3 is 0 Å². The summed E-state index contributed by atoms with van der Waals surface area (Å²) in [5, 5.41) is 2.92. The number of anilines is 1. The predicted octanol–water partition coefficient (Wildman–Crippen LogP) is 0.858. The quantitative estimate of drug-likeness (QED) is 0.757. The number of carbonyl (C=O) groups is 1. The van der Waals surface area contributed by atoms with Gasteiger partial charge in [-0.2, -0.15) is 0 Å². The predicted molar refractivity (Wildman–Crippen MR) is 73.4 cm³/mol. The van der Waals surface area contributed by atoms with E-state index in [1.807, 2.05) is 0 Å². The molecule has 0 aliphatic heterocycles. The Morgan fingerprint density at radius 1 is 1.32 bits per heavy atom. The van der Waals surface area contributed by atoms with Gasteiger partial charge in [0.25, 0.3) is 5.91 Å². The fourth-order valence-corrected chi connectivity index (χ4v) is 1.67. The van der Waals surface area contributed by atoms with Crippen LogP contribution in [0.25, 0.3) is 0 Å². The Kier molecular flexibility index (Phi) is 6.84. The van der Waals surface area contributed by atoms with Crippen LogP contribution in [0.3, 0.4) is 0 Å². The van der Waals surface area contributed by atoms with E-state index in [0.29, 0.717) is 37.7 Å². The van der Waals surface area contributed by atoms with Crippen LogP contribution in [0.15, 0.2) is 18.3 Å². The fourth-order valence-electron chi connectivity index (χ4n) is 1.67. The number of carbonyl (C=O) groups excluding carboxylic acids is 1. The maximum absolute atomic E-state index is 12.5. The zero-order valence-electron chi connectivity index (χ0n) is 11.7. The first-order valence-corrected chi connectivity index (χ1v) is 6.14. The highest BCUT2D eigenvalue weighted by Gasteiger charge is 2.18. The van der Waals surface area contributed by atoms with E-state index in [4.69, 9.17) is 9.47 Å². The molecule has 0 aromatic carbocycles. The van der Waals surface area contributed by atoms with Gasteiger partial charge in [0, 0.05) is 40.6 Å². The maximum atomic E-state index is 12.5. The van der Waals surface area contributed by atoms with Crippen molar-refractivity contribution in [3.8, 4) is 0 Å². The molecule has 0 spiro atoms. The second-order valence-corrected chi connectivity index (χ2v) is 3.93. The Labute approximate surface area is 113 Å². The molecule has 6 heteroatoms. The summed E-state index contributed by atoms with van der Waals surface area (Å²) in [5.41, 5.74) is 0.553. The van der Waals surface area contributed by atoms with Crippen molar-refractivity contribution in [2.75, 3.05) is 52.9 Å². The number of nitrogens with one attached hydrogen (secondary N) is 1. The molecule has 19 heavy (non-hydrogen) atoms. The van der Waals surface area contributed by atoms with Crippen LogP contribution < -0.4 is 5.32 Å². The van der Waals surface area contributed by atoms with E-state index in [1.165, 1.54) is 0 Å². The standard InChI is InChI=1S/C13H21N3O3/c1-14-12-11(5-4-6-15-12)13(17)16(7-9-18-2)8-10-19-3/h4-6H,7-10H2,1-3H3,(H,14,15). The number of ether oxygens (including phenoxy) is 2. The lowest BCUT2D eigenvalue weighted by atomic mass is 10.2. The van der Waals surface area contributed by atoms with Crippen LogP contribution in [0.1, 0.15) is 10.4 Å². The minimum atomic E-state index is -0.0773. The van der Waals surface area contributed by atoms with E-state index in [0.717, 1.165) is 0 Å². The first-order valence-electron chi connectivity index (χ1n) is 6.14. The summed E-state index contributed by atoms with van der Waals surface area (Å²) in [6.45, 7) is 2.03. The van der Waals surface area contributed by atoms with E-state index in [1.54, 1.807) is 44.5 Å². The Morgan fingerprint density at radius 3 is 2.47 bits per heavy atom. The number of nitrogens with zero attached hydrogens (tertiary/aromatic N) is 2. The third-order valence-corrected chi connectivity index (χ3v) is 2.69. The molecule has 0 saturated heterocycles. The van der Waals surface area contributed by atoms with Crippen molar-refractivity contribution in [1.29, 1.82) is 0 Å². The highest BCUT2D eigenvalue weighted by Crippen LogP contribution is 2.13. The molecule has 1 N–H and O–H groups in total. The van der Waals surface area contributed by atoms with Crippen molar-refractivity contribution in [1.82, 2.24) is 9.88 Å². The average Bonchev–Trinajstić information content (AvgIpc) is 2.46. The van der Waals surface area contributed by atoms with Gasteiger partial charge in [-0.05, 0) is 12.1 Å². The minimum Gasteiger partial charge on any atom is -0.383 e. The Morgan fingerprint density at radius 2 is 1.95 bits per heavy atom. The van der Waals surface area contributed by atoms with Gasteiger partial charge in [-0.3, -0.25) is 4.79 Å². The Bertz CT molecular complexity index is 390. The van der Waals surface area contributed by atoms with Gasteiger partial charge in [-0.1, -0.05) is 0 Å². The van der Waals surface area contributed by atoms with Gasteiger partial charge in [-0.25, -0.2) is 4.98 Å². The summed E-state index contributed by atoms with van der Waals surface area (Å²) >= 11 is 0. The van der Waals surface area contributed by atoms with E-state index < -0.39 is 0 Å². The second-order valence-electron chi connectivity index (χ2n) is 3.93. The molecule has 0 aliphatic rings. The molecule has 1 aromatic heterocycles. The first kappa shape index (κ1) is 15.4. The molecule has 6 nitrogen and oxygen atoms in total. The second kappa shape index (κ2) is 8.44. The summed E-state index contributed by atoms with van der Waals surface area (Å²) in [5.74, 6) is 0.499. The molecule has 1 heterocycles. The molecule has 1 rings (SSSR count). The molecule has 0 aliphatic carbocycles. The van der Waals surface area contributed by atoms with Crippen LogP contribution in [-0.2, 0) is 9.47 Å². The summed E-state index contributed by atoms with van der Waals surface area (Å²) < 4.78 is 10.1. The smallest absolute Gasteiger partial charge is 0.257 e. The van der Waals surface area contributed by atoms with Crippen molar-refractivity contribution in [2.45, 2.75) is 0 Å². The number of rotatable bonds is 8. The van der Waals surface area contributed by atoms with Gasteiger partial charge in [0.15, 0.2) is 0 Å². The lowest BCUT2D eigenvalue weighted by Crippen LogP contribution is -2.36. The van der Waals surface area contributed by atoms with Gasteiger partial charge < -0.3 is 19.7 Å². The number of hydrogen-bond donors (Lipinski definition) is 1. The number of hydrogen-bond acceptors (Lipinski definition) is 5. The molecule has 0 radical (unpaired) electrons. The number of aromatic nitrogens is 1. The molecule has 1 aromatic rings. The van der Waals surface area contributed by atoms with Crippen LogP contribution in [0, 0.1) is 0 Å². The van der Waals surface area contributed by atoms with Crippen LogP contribution in [0.2, 0.25) is 0 Å². The van der Waals surface area contributed by atoms with E-state index >= 15 is 0 Å². The van der Waals surface area contributed by atoms with Gasteiger partial charge in [-0.15, -0.1) is 0 Å². The normalized spacial score (nSPS) is 10.3. The Balaban J connectivity index is 2.84. The number of methoxy groups -OCH3 is 2. The van der Waals surface area contributed by atoms with Crippen molar-refractivity contribution < 1.29 is 14.3 Å². The molecule has 1 amide bonds. The summed E-state index contributed by atoms with van der Waals surface area (Å²) in [6, 6.07) is 3.51. The van der Waals surface area contributed by atoms with Gasteiger partial charge in [0.05, 0.1) is 18.8 Å². The number of pyridine rings is 1. The lowest BCUT2D eigenvalue weighted by Gasteiger charge is -2.22. The zero-order valence-corrected chi connectivity index (χ0v) is 11.7. The Hall–Kier alpha value is -1.66. The molecule has 0 atom stereocenters. The zero-order chi connectivity index (χ0) is 14.1. The SMILES string of the molecule is CNc1ncccc1C(=O)N(CCOC)CCOC. The van der Waals surface area contributed by atoms with Crippen LogP contribution in [0.5, 0.6) is 0 Å². The molecule has 0 fully saturated rings. The molecule has 0 bridgehead atoms. The monoisotopic (exact) mass is 267 g/mol. The third kappa shape index (κ3) is 4.50. The maximum Gasteiger partial charge on any atom is 0.257 e. The first-order chi connectivity index (χ1) is 9.24. The van der Waals surface area contributed by atoms with Crippen LogP contribution >= 0.6 is 0 Å². The summed E-state index contributed by atoms with van der Waals surface area (Å²) in [4.78, 5) is 18.3. The summed E-state index contributed by atoms with van der Waals surface area (Å²) in [6.07, 6.45) is 1.65. The minimum absolute atomic E-state index is 0.0773. The molecular formula is C13H21N3O3. The summed E-state index contributed by atoms with van der Waals surface area (Å²) in [7, 11) is 4.97. The van der Waals surface area contributed by atoms with Gasteiger partial charge in [0.1, 0.15) is 5.82 Å². The largest absolute Gasteiger partial charge is 0.383 e. The van der Waals surface area contributed by atoms with E-state index in [2.05, 4.69) is 10.3 Å². The highest BCUT2D eigenvalue weighted by molar-refractivity contribution is 5.98. The van der Waals surface area contributed by atoms with E-state index in [9.17, 15) is 4.79 Å². The van der Waals surface area contributed by atoms with Gasteiger partial charge in [0.2, 0.25) is 0 Å². The van der Waals surface area contributed by atoms with Crippen LogP contribution in [-0.4, -0.2) is 63.4 Å². The average molecular weight is 267 g/mol. The third-order valence-electron chi connectivity index (χ3n) is 2.69. The molecule has 0 saturated carbocycles. The van der Waals surface area contributed by atoms with Crippen molar-refractivity contribution in [3.05, 3.63) is 23.9 Å². The lowest BCUT2D eigenvalue weighted by molar-refractivity contribution is 0.0628. The topological polar surface area (TPSA) is 63.7 Å². The fraction of sp³-hybridized carbons (Fsp3) is 0.538. The molecule has 106 valence electrons. The van der Waals surface area contributed by atoms with E-state index in [-0.39, 0.29) is 5.91 Å². The van der Waals surface area contributed by atoms with Crippen LogP contribution in [0.4, 0.5) is 5.82 Å². The number of amides is 1. The highest BCUT2D eigenvalue weighted by atomic mass is 16.5. The molecule has 0 unspecified atom stereocenters.